The van der Waals surface area contributed by atoms with Crippen molar-refractivity contribution in [2.45, 2.75) is 30.9 Å². The van der Waals surface area contributed by atoms with Crippen LogP contribution in [-0.2, 0) is 20.3 Å². The quantitative estimate of drug-likeness (QED) is 0.704. The Morgan fingerprint density at radius 1 is 1.10 bits per heavy atom. The number of nitrogens with zero attached hydrogens (tertiary/aromatic N) is 1. The lowest BCUT2D eigenvalue weighted by atomic mass is 9.48. The predicted molar refractivity (Wildman–Crippen MR) is 116 cm³/mol. The summed E-state index contributed by atoms with van der Waals surface area (Å²) in [5.41, 5.74) is 1.11. The van der Waals surface area contributed by atoms with Gasteiger partial charge in [-0.05, 0) is 35.4 Å². The number of likely N-dealkylation sites (tertiary alicyclic amines) is 1. The van der Waals surface area contributed by atoms with Gasteiger partial charge >= 0.3 is 0 Å². The molecule has 1 amide bonds. The smallest absolute Gasteiger partial charge is 0.255 e. The molecule has 2 aliphatic rings. The summed E-state index contributed by atoms with van der Waals surface area (Å²) in [6.45, 7) is 6.34. The van der Waals surface area contributed by atoms with E-state index in [-0.39, 0.29) is 32.9 Å². The molecule has 1 heterocycles. The zero-order valence-corrected chi connectivity index (χ0v) is 18.6. The van der Waals surface area contributed by atoms with Crippen molar-refractivity contribution < 1.29 is 17.9 Å². The van der Waals surface area contributed by atoms with Crippen LogP contribution in [0.4, 0.5) is 0 Å². The van der Waals surface area contributed by atoms with Crippen molar-refractivity contribution in [1.29, 1.82) is 0 Å². The van der Waals surface area contributed by atoms with E-state index in [9.17, 15) is 13.2 Å². The Balaban J connectivity index is 1.62. The van der Waals surface area contributed by atoms with Crippen LogP contribution in [0.1, 0.15) is 36.2 Å². The minimum absolute atomic E-state index is 0.0221. The maximum absolute atomic E-state index is 13.5. The maximum atomic E-state index is 13.5. The molecule has 160 valence electrons. The molecule has 1 saturated carbocycles. The van der Waals surface area contributed by atoms with Gasteiger partial charge in [0.1, 0.15) is 0 Å². The summed E-state index contributed by atoms with van der Waals surface area (Å²) in [5.74, 6) is 0.0337. The van der Waals surface area contributed by atoms with Gasteiger partial charge in [-0.2, -0.15) is 0 Å². The number of carbonyl (C=O) groups is 1. The number of sulfone groups is 1. The van der Waals surface area contributed by atoms with E-state index in [1.165, 1.54) is 0 Å². The third-order valence-corrected chi connectivity index (χ3v) is 8.51. The predicted octanol–water partition coefficient (Wildman–Crippen LogP) is 3.80. The molecule has 0 N–H and O–H groups in total. The van der Waals surface area contributed by atoms with Crippen LogP contribution < -0.4 is 0 Å². The molecule has 2 atom stereocenters. The number of rotatable bonds is 6. The van der Waals surface area contributed by atoms with Gasteiger partial charge in [0.05, 0.1) is 22.8 Å². The summed E-state index contributed by atoms with van der Waals surface area (Å²) < 4.78 is 31.8. The first-order valence-electron chi connectivity index (χ1n) is 10.3. The van der Waals surface area contributed by atoms with Gasteiger partial charge in [0.15, 0.2) is 9.84 Å². The molecular formula is C24H29NO4S. The van der Waals surface area contributed by atoms with Crippen LogP contribution in [0.3, 0.4) is 0 Å². The molecule has 5 nitrogen and oxygen atoms in total. The fourth-order valence-corrected chi connectivity index (χ4v) is 7.28. The van der Waals surface area contributed by atoms with Gasteiger partial charge in [0, 0.05) is 25.6 Å². The van der Waals surface area contributed by atoms with Gasteiger partial charge in [-0.3, -0.25) is 4.79 Å². The lowest BCUT2D eigenvalue weighted by Gasteiger charge is -2.56. The molecule has 6 heteroatoms. The molecule has 0 aromatic heterocycles. The fourth-order valence-electron chi connectivity index (χ4n) is 5.72. The Labute approximate surface area is 179 Å². The lowest BCUT2D eigenvalue weighted by Crippen LogP contribution is -2.55. The summed E-state index contributed by atoms with van der Waals surface area (Å²) in [6.07, 6.45) is 1.01. The Hall–Kier alpha value is -2.18. The first-order valence-corrected chi connectivity index (χ1v) is 12.0. The van der Waals surface area contributed by atoms with Crippen molar-refractivity contribution in [1.82, 2.24) is 4.90 Å². The maximum Gasteiger partial charge on any atom is 0.255 e. The van der Waals surface area contributed by atoms with Crippen LogP contribution >= 0.6 is 0 Å². The molecule has 2 fully saturated rings. The summed E-state index contributed by atoms with van der Waals surface area (Å²) in [5, 5.41) is 0. The minimum Gasteiger partial charge on any atom is -0.384 e. The van der Waals surface area contributed by atoms with E-state index in [0.29, 0.717) is 31.2 Å². The van der Waals surface area contributed by atoms with Gasteiger partial charge in [0.25, 0.3) is 5.91 Å². The molecule has 0 bridgehead atoms. The van der Waals surface area contributed by atoms with Crippen LogP contribution in [0, 0.1) is 16.7 Å². The molecule has 1 aliphatic carbocycles. The van der Waals surface area contributed by atoms with Crippen molar-refractivity contribution in [3.05, 3.63) is 65.7 Å². The number of hydrogen-bond donors (Lipinski definition) is 0. The van der Waals surface area contributed by atoms with E-state index in [4.69, 9.17) is 4.74 Å². The summed E-state index contributed by atoms with van der Waals surface area (Å²) >= 11 is 0. The molecule has 30 heavy (non-hydrogen) atoms. The number of benzene rings is 2. The second-order valence-electron chi connectivity index (χ2n) is 9.44. The minimum atomic E-state index is -3.65. The van der Waals surface area contributed by atoms with E-state index < -0.39 is 9.84 Å². The molecule has 0 unspecified atom stereocenters. The molecule has 2 aromatic rings. The van der Waals surface area contributed by atoms with E-state index >= 15 is 0 Å². The topological polar surface area (TPSA) is 63.7 Å². The summed E-state index contributed by atoms with van der Waals surface area (Å²) in [7, 11) is -1.95. The molecular weight excluding hydrogens is 398 g/mol. The molecule has 1 saturated heterocycles. The second-order valence-corrected chi connectivity index (χ2v) is 11.4. The van der Waals surface area contributed by atoms with Gasteiger partial charge in [-0.1, -0.05) is 56.3 Å². The highest BCUT2D eigenvalue weighted by atomic mass is 32.2. The first kappa shape index (κ1) is 21.1. The molecule has 0 spiro atoms. The molecule has 1 aliphatic heterocycles. The average molecular weight is 428 g/mol. The first-order chi connectivity index (χ1) is 14.2. The van der Waals surface area contributed by atoms with Gasteiger partial charge in [-0.15, -0.1) is 0 Å². The number of fused-ring (bicyclic) bond motifs is 1. The lowest BCUT2D eigenvalue weighted by molar-refractivity contribution is -0.107. The second kappa shape index (κ2) is 7.50. The van der Waals surface area contributed by atoms with Crippen LogP contribution in [0.25, 0.3) is 0 Å². The zero-order chi connectivity index (χ0) is 21.6. The number of amides is 1. The standard InChI is InChI=1S/C24H29NO4S/c1-23(2)15-24(17-29-3)16-25(13-21(23)24)22(26)19-11-7-8-12-20(19)30(27,28)14-18-9-5-4-6-10-18/h4-12,21H,13-17H2,1-3H3/t21-,24-/m1/s1. The highest BCUT2D eigenvalue weighted by molar-refractivity contribution is 7.90. The van der Waals surface area contributed by atoms with Gasteiger partial charge in [0.2, 0.25) is 0 Å². The van der Waals surface area contributed by atoms with Crippen molar-refractivity contribution in [2.75, 3.05) is 26.8 Å². The van der Waals surface area contributed by atoms with Crippen LogP contribution in [0.5, 0.6) is 0 Å². The Bertz CT molecular complexity index is 1050. The highest BCUT2D eigenvalue weighted by Gasteiger charge is 2.63. The number of methoxy groups -OCH3 is 1. The van der Waals surface area contributed by atoms with E-state index in [0.717, 1.165) is 6.42 Å². The Morgan fingerprint density at radius 2 is 1.77 bits per heavy atom. The highest BCUT2D eigenvalue weighted by Crippen LogP contribution is 2.62. The SMILES string of the molecule is COC[C@@]12CN(C(=O)c3ccccc3S(=O)(=O)Cc3ccccc3)C[C@@H]1C(C)(C)C2. The molecule has 0 radical (unpaired) electrons. The summed E-state index contributed by atoms with van der Waals surface area (Å²) in [6, 6.07) is 15.7. The third kappa shape index (κ3) is 3.56. The zero-order valence-electron chi connectivity index (χ0n) is 17.8. The number of carbonyl (C=O) groups excluding carboxylic acids is 1. The normalized spacial score (nSPS) is 24.9. The summed E-state index contributed by atoms with van der Waals surface area (Å²) in [4.78, 5) is 15.4. The van der Waals surface area contributed by atoms with Crippen molar-refractivity contribution >= 4 is 15.7 Å². The van der Waals surface area contributed by atoms with Crippen molar-refractivity contribution in [3.8, 4) is 0 Å². The van der Waals surface area contributed by atoms with E-state index in [2.05, 4.69) is 13.8 Å². The largest absolute Gasteiger partial charge is 0.384 e. The van der Waals surface area contributed by atoms with Crippen LogP contribution in [0.15, 0.2) is 59.5 Å². The van der Waals surface area contributed by atoms with Gasteiger partial charge in [-0.25, -0.2) is 8.42 Å². The monoisotopic (exact) mass is 427 g/mol. The average Bonchev–Trinajstić information content (AvgIpc) is 3.03. The van der Waals surface area contributed by atoms with Crippen molar-refractivity contribution in [3.63, 3.8) is 0 Å². The van der Waals surface area contributed by atoms with Crippen LogP contribution in [-0.4, -0.2) is 46.0 Å². The van der Waals surface area contributed by atoms with E-state index in [1.807, 2.05) is 23.1 Å². The molecule has 4 rings (SSSR count). The molecule has 2 aromatic carbocycles. The third-order valence-electron chi connectivity index (χ3n) is 6.77. The van der Waals surface area contributed by atoms with E-state index in [1.54, 1.807) is 43.5 Å². The van der Waals surface area contributed by atoms with Crippen molar-refractivity contribution in [2.24, 2.45) is 16.7 Å². The Morgan fingerprint density at radius 3 is 2.43 bits per heavy atom. The number of ether oxygens (including phenoxy) is 1. The fraction of sp³-hybridized carbons (Fsp3) is 0.458. The Kier molecular flexibility index (Phi) is 5.27. The van der Waals surface area contributed by atoms with Gasteiger partial charge < -0.3 is 9.64 Å². The van der Waals surface area contributed by atoms with Crippen LogP contribution in [0.2, 0.25) is 0 Å². The number of hydrogen-bond acceptors (Lipinski definition) is 4.